The Morgan fingerprint density at radius 3 is 1.26 bits per heavy atom. The maximum absolute atomic E-state index is 11.8. The molecule has 0 spiro atoms. The Morgan fingerprint density at radius 1 is 0.529 bits per heavy atom. The van der Waals surface area contributed by atoms with Crippen LogP contribution in [-0.4, -0.2) is 19.3 Å². The van der Waals surface area contributed by atoms with Crippen LogP contribution in [0.2, 0.25) is 0 Å². The summed E-state index contributed by atoms with van der Waals surface area (Å²) in [5, 5.41) is 27.3. The molecule has 6 aromatic rings. The molecule has 4 aromatic carbocycles. The van der Waals surface area contributed by atoms with E-state index in [4.69, 9.17) is 0 Å². The molecule has 0 saturated heterocycles. The van der Waals surface area contributed by atoms with E-state index in [0.717, 1.165) is 65.9 Å². The van der Waals surface area contributed by atoms with Crippen molar-refractivity contribution in [3.8, 4) is 22.6 Å². The van der Waals surface area contributed by atoms with Crippen molar-refractivity contribution in [2.24, 2.45) is 14.1 Å². The van der Waals surface area contributed by atoms with E-state index >= 15 is 0 Å². The Kier molecular flexibility index (Phi) is 4.13. The first-order valence-corrected chi connectivity index (χ1v) is 11.6. The van der Waals surface area contributed by atoms with Crippen LogP contribution in [0.3, 0.4) is 0 Å². The van der Waals surface area contributed by atoms with Crippen LogP contribution in [0, 0.1) is 27.7 Å². The molecule has 170 valence electrons. The molecule has 0 fully saturated rings. The summed E-state index contributed by atoms with van der Waals surface area (Å²) in [4.78, 5) is 0. The second-order valence-electron chi connectivity index (χ2n) is 9.55. The van der Waals surface area contributed by atoms with E-state index in [1.165, 1.54) is 0 Å². The van der Waals surface area contributed by atoms with Crippen molar-refractivity contribution < 1.29 is 10.2 Å². The van der Waals surface area contributed by atoms with Crippen molar-refractivity contribution in [2.75, 3.05) is 0 Å². The van der Waals surface area contributed by atoms with Gasteiger partial charge in [-0.3, -0.25) is 0 Å². The van der Waals surface area contributed by atoms with Gasteiger partial charge >= 0.3 is 0 Å². The standard InChI is InChI=1S/C30H28N2O2/c1-15-17(3)27-25(19-11-7-9-13-21(19)31(27)5)29(33)23(15)24-16(2)18(4)28-26(30(24)34)20-12-8-10-14-22(20)32(28)6/h7-14,33-34H,1-6H3. The largest absolute Gasteiger partial charge is 0.507 e. The Balaban J connectivity index is 1.86. The monoisotopic (exact) mass is 448 g/mol. The highest BCUT2D eigenvalue weighted by molar-refractivity contribution is 6.18. The van der Waals surface area contributed by atoms with E-state index in [-0.39, 0.29) is 11.5 Å². The Labute approximate surface area is 198 Å². The number of aromatic nitrogens is 2. The molecule has 0 aliphatic carbocycles. The molecule has 0 amide bonds. The van der Waals surface area contributed by atoms with Gasteiger partial charge in [-0.2, -0.15) is 0 Å². The number of phenolic OH excluding ortho intramolecular Hbond substituents is 2. The molecule has 4 nitrogen and oxygen atoms in total. The summed E-state index contributed by atoms with van der Waals surface area (Å²) in [5.74, 6) is 0.458. The highest BCUT2D eigenvalue weighted by atomic mass is 16.3. The lowest BCUT2D eigenvalue weighted by molar-refractivity contribution is 0.475. The molecule has 0 radical (unpaired) electrons. The van der Waals surface area contributed by atoms with Gasteiger partial charge in [-0.15, -0.1) is 0 Å². The first-order chi connectivity index (χ1) is 16.3. The topological polar surface area (TPSA) is 50.3 Å². The predicted molar refractivity (Wildman–Crippen MR) is 142 cm³/mol. The maximum Gasteiger partial charge on any atom is 0.133 e. The summed E-state index contributed by atoms with van der Waals surface area (Å²) in [6.07, 6.45) is 0. The van der Waals surface area contributed by atoms with Crippen LogP contribution in [-0.2, 0) is 14.1 Å². The zero-order chi connectivity index (χ0) is 24.0. The van der Waals surface area contributed by atoms with Crippen molar-refractivity contribution in [3.63, 3.8) is 0 Å². The predicted octanol–water partition coefficient (Wildman–Crippen LogP) is 7.29. The number of aromatic hydroxyl groups is 2. The molecule has 34 heavy (non-hydrogen) atoms. The fraction of sp³-hybridized carbons (Fsp3) is 0.200. The van der Waals surface area contributed by atoms with Crippen LogP contribution in [0.4, 0.5) is 0 Å². The van der Waals surface area contributed by atoms with Crippen molar-refractivity contribution in [2.45, 2.75) is 27.7 Å². The van der Waals surface area contributed by atoms with E-state index in [1.807, 2.05) is 52.2 Å². The molecule has 0 aliphatic heterocycles. The number of nitrogens with zero attached hydrogens (tertiary/aromatic N) is 2. The first kappa shape index (κ1) is 20.7. The zero-order valence-corrected chi connectivity index (χ0v) is 20.4. The summed E-state index contributed by atoms with van der Waals surface area (Å²) in [6, 6.07) is 16.3. The van der Waals surface area contributed by atoms with Gasteiger partial charge in [0.25, 0.3) is 0 Å². The van der Waals surface area contributed by atoms with Gasteiger partial charge in [-0.25, -0.2) is 0 Å². The molecule has 0 aliphatic rings. The van der Waals surface area contributed by atoms with Gasteiger partial charge in [0.15, 0.2) is 0 Å². The molecule has 0 saturated carbocycles. The van der Waals surface area contributed by atoms with Gasteiger partial charge in [-0.05, 0) is 62.1 Å². The number of para-hydroxylation sites is 2. The molecule has 2 N–H and O–H groups in total. The minimum Gasteiger partial charge on any atom is -0.507 e. The van der Waals surface area contributed by atoms with E-state index < -0.39 is 0 Å². The zero-order valence-electron chi connectivity index (χ0n) is 20.4. The van der Waals surface area contributed by atoms with Crippen LogP contribution in [0.15, 0.2) is 48.5 Å². The Hall–Kier alpha value is -3.92. The number of fused-ring (bicyclic) bond motifs is 6. The number of hydrogen-bond donors (Lipinski definition) is 2. The van der Waals surface area contributed by atoms with Crippen LogP contribution < -0.4 is 0 Å². The average molecular weight is 449 g/mol. The summed E-state index contributed by atoms with van der Waals surface area (Å²) < 4.78 is 4.31. The van der Waals surface area contributed by atoms with E-state index in [9.17, 15) is 10.2 Å². The van der Waals surface area contributed by atoms with Crippen LogP contribution >= 0.6 is 0 Å². The van der Waals surface area contributed by atoms with Gasteiger partial charge in [-0.1, -0.05) is 36.4 Å². The smallest absolute Gasteiger partial charge is 0.133 e. The van der Waals surface area contributed by atoms with E-state index in [2.05, 4.69) is 47.2 Å². The molecule has 2 heterocycles. The van der Waals surface area contributed by atoms with Crippen molar-refractivity contribution >= 4 is 43.6 Å². The summed E-state index contributed by atoms with van der Waals surface area (Å²) in [7, 11) is 4.09. The van der Waals surface area contributed by atoms with Crippen molar-refractivity contribution in [3.05, 3.63) is 70.8 Å². The Bertz CT molecular complexity index is 1700. The van der Waals surface area contributed by atoms with Gasteiger partial charge in [0.1, 0.15) is 11.5 Å². The van der Waals surface area contributed by atoms with Gasteiger partial charge in [0.05, 0.1) is 21.8 Å². The second kappa shape index (κ2) is 6.80. The fourth-order valence-electron chi connectivity index (χ4n) is 6.09. The minimum absolute atomic E-state index is 0.229. The molecule has 2 aromatic heterocycles. The van der Waals surface area contributed by atoms with Gasteiger partial charge < -0.3 is 19.3 Å². The molecule has 4 heteroatoms. The van der Waals surface area contributed by atoms with Gasteiger partial charge in [0.2, 0.25) is 0 Å². The van der Waals surface area contributed by atoms with Gasteiger partial charge in [0, 0.05) is 47.0 Å². The first-order valence-electron chi connectivity index (χ1n) is 11.6. The lowest BCUT2D eigenvalue weighted by Gasteiger charge is -2.20. The molecule has 0 atom stereocenters. The normalized spacial score (nSPS) is 12.1. The summed E-state index contributed by atoms with van der Waals surface area (Å²) >= 11 is 0. The fourth-order valence-corrected chi connectivity index (χ4v) is 6.09. The number of hydrogen-bond acceptors (Lipinski definition) is 2. The van der Waals surface area contributed by atoms with Crippen LogP contribution in [0.5, 0.6) is 11.5 Å². The summed E-state index contributed by atoms with van der Waals surface area (Å²) in [6.45, 7) is 8.30. The highest BCUT2D eigenvalue weighted by Gasteiger charge is 2.27. The minimum atomic E-state index is 0.229. The highest BCUT2D eigenvalue weighted by Crippen LogP contribution is 2.51. The lowest BCUT2D eigenvalue weighted by atomic mass is 9.87. The molecule has 6 rings (SSSR count). The summed E-state index contributed by atoms with van der Waals surface area (Å²) in [5.41, 5.74) is 9.82. The quantitative estimate of drug-likeness (QED) is 0.277. The lowest BCUT2D eigenvalue weighted by Crippen LogP contribution is -1.99. The molecular formula is C30H28N2O2. The number of aryl methyl sites for hydroxylation is 4. The molecule has 0 bridgehead atoms. The SMILES string of the molecule is Cc1c(-c2c(C)c(C)c3c(c2O)c2ccccc2n3C)c(O)c2c3ccccc3n(C)c2c1C. The number of rotatable bonds is 1. The molecule has 0 unspecified atom stereocenters. The number of phenols is 2. The number of benzene rings is 4. The van der Waals surface area contributed by atoms with E-state index in [1.54, 1.807) is 0 Å². The van der Waals surface area contributed by atoms with Crippen molar-refractivity contribution in [1.82, 2.24) is 9.13 Å². The third-order valence-corrected chi connectivity index (χ3v) is 8.00. The van der Waals surface area contributed by atoms with E-state index in [0.29, 0.717) is 11.1 Å². The third kappa shape index (κ3) is 2.33. The third-order valence-electron chi connectivity index (χ3n) is 8.00. The Morgan fingerprint density at radius 2 is 0.882 bits per heavy atom. The second-order valence-corrected chi connectivity index (χ2v) is 9.55. The maximum atomic E-state index is 11.8. The molecular weight excluding hydrogens is 420 g/mol. The van der Waals surface area contributed by atoms with Crippen molar-refractivity contribution in [1.29, 1.82) is 0 Å². The van der Waals surface area contributed by atoms with Crippen LogP contribution in [0.25, 0.3) is 54.7 Å². The van der Waals surface area contributed by atoms with Crippen LogP contribution in [0.1, 0.15) is 22.3 Å². The average Bonchev–Trinajstić information content (AvgIpc) is 3.31.